The van der Waals surface area contributed by atoms with Gasteiger partial charge in [0.25, 0.3) is 0 Å². The molecule has 2 N–H and O–H groups in total. The van der Waals surface area contributed by atoms with Crippen LogP contribution in [0.25, 0.3) is 0 Å². The van der Waals surface area contributed by atoms with Crippen LogP contribution in [0.15, 0.2) is 18.2 Å². The first kappa shape index (κ1) is 14.7. The number of anilines is 1. The molecule has 0 radical (unpaired) electrons. The topological polar surface area (TPSA) is 50.4 Å². The van der Waals surface area contributed by atoms with Gasteiger partial charge in [-0.15, -0.1) is 0 Å². The zero-order chi connectivity index (χ0) is 13.5. The van der Waals surface area contributed by atoms with E-state index in [-0.39, 0.29) is 24.2 Å². The highest BCUT2D eigenvalue weighted by molar-refractivity contribution is 6.30. The Kier molecular flexibility index (Phi) is 5.88. The van der Waals surface area contributed by atoms with Gasteiger partial charge in [-0.25, -0.2) is 4.39 Å². The summed E-state index contributed by atoms with van der Waals surface area (Å²) in [7, 11) is 1.56. The summed E-state index contributed by atoms with van der Waals surface area (Å²) in [5.74, 6) is -0.684. The van der Waals surface area contributed by atoms with Crippen LogP contribution in [-0.2, 0) is 9.53 Å². The molecule has 0 aliphatic rings. The van der Waals surface area contributed by atoms with Gasteiger partial charge in [-0.1, -0.05) is 11.6 Å². The highest BCUT2D eigenvalue weighted by atomic mass is 35.5. The molecule has 1 amide bonds. The summed E-state index contributed by atoms with van der Waals surface area (Å²) in [6, 6.07) is 4.04. The predicted molar refractivity (Wildman–Crippen MR) is 69.4 cm³/mol. The van der Waals surface area contributed by atoms with Crippen molar-refractivity contribution in [1.29, 1.82) is 0 Å². The summed E-state index contributed by atoms with van der Waals surface area (Å²) in [5, 5.41) is 5.80. The molecule has 0 aliphatic carbocycles. The molecule has 4 nitrogen and oxygen atoms in total. The number of amides is 1. The number of ether oxygens (including phenoxy) is 1. The molecule has 1 aromatic rings. The van der Waals surface area contributed by atoms with Crippen LogP contribution in [-0.4, -0.2) is 32.2 Å². The third-order valence-electron chi connectivity index (χ3n) is 2.19. The lowest BCUT2D eigenvalue weighted by molar-refractivity contribution is -0.120. The number of hydrogen-bond acceptors (Lipinski definition) is 3. The average molecular weight is 275 g/mol. The molecule has 1 rings (SSSR count). The average Bonchev–Trinajstić information content (AvgIpc) is 2.30. The molecule has 0 heterocycles. The Labute approximate surface area is 110 Å². The molecular formula is C12H16ClFN2O2. The molecule has 0 aliphatic heterocycles. The van der Waals surface area contributed by atoms with Gasteiger partial charge in [0, 0.05) is 18.2 Å². The fourth-order valence-electron chi connectivity index (χ4n) is 1.43. The van der Waals surface area contributed by atoms with Crippen molar-refractivity contribution >= 4 is 23.2 Å². The number of carbonyl (C=O) groups is 1. The second-order valence-corrected chi connectivity index (χ2v) is 4.34. The van der Waals surface area contributed by atoms with E-state index in [0.717, 1.165) is 0 Å². The number of benzene rings is 1. The molecule has 100 valence electrons. The monoisotopic (exact) mass is 274 g/mol. The zero-order valence-corrected chi connectivity index (χ0v) is 11.1. The predicted octanol–water partition coefficient (Wildman–Crippen LogP) is 2.04. The third-order valence-corrected chi connectivity index (χ3v) is 2.43. The lowest BCUT2D eigenvalue weighted by atomic mass is 10.3. The summed E-state index contributed by atoms with van der Waals surface area (Å²) in [6.45, 7) is 2.23. The Bertz CT molecular complexity index is 415. The molecule has 0 aromatic heterocycles. The first-order chi connectivity index (χ1) is 8.52. The molecule has 18 heavy (non-hydrogen) atoms. The van der Waals surface area contributed by atoms with Crippen molar-refractivity contribution in [1.82, 2.24) is 5.32 Å². The van der Waals surface area contributed by atoms with Crippen LogP contribution in [0.2, 0.25) is 5.02 Å². The third kappa shape index (κ3) is 4.89. The number of methoxy groups -OCH3 is 1. The molecular weight excluding hydrogens is 259 g/mol. The molecule has 0 fully saturated rings. The number of rotatable bonds is 6. The van der Waals surface area contributed by atoms with Crippen LogP contribution in [0, 0.1) is 5.82 Å². The largest absolute Gasteiger partial charge is 0.383 e. The first-order valence-corrected chi connectivity index (χ1v) is 5.88. The van der Waals surface area contributed by atoms with Gasteiger partial charge < -0.3 is 15.4 Å². The van der Waals surface area contributed by atoms with Gasteiger partial charge in [-0.05, 0) is 25.1 Å². The number of carbonyl (C=O) groups excluding carboxylic acids is 1. The quantitative estimate of drug-likeness (QED) is 0.835. The minimum atomic E-state index is -0.447. The zero-order valence-electron chi connectivity index (χ0n) is 10.3. The van der Waals surface area contributed by atoms with Gasteiger partial charge in [-0.2, -0.15) is 0 Å². The molecule has 0 bridgehead atoms. The van der Waals surface area contributed by atoms with Gasteiger partial charge in [0.15, 0.2) is 0 Å². The number of hydrogen-bond donors (Lipinski definition) is 2. The minimum absolute atomic E-state index is 0.0225. The summed E-state index contributed by atoms with van der Waals surface area (Å²) < 4.78 is 18.2. The maximum Gasteiger partial charge on any atom is 0.239 e. The van der Waals surface area contributed by atoms with Crippen molar-refractivity contribution in [2.75, 3.05) is 25.6 Å². The summed E-state index contributed by atoms with van der Waals surface area (Å²) >= 11 is 5.73. The normalized spacial score (nSPS) is 12.0. The Morgan fingerprint density at radius 3 is 2.94 bits per heavy atom. The first-order valence-electron chi connectivity index (χ1n) is 5.50. The molecule has 1 unspecified atom stereocenters. The molecule has 0 spiro atoms. The lowest BCUT2D eigenvalue weighted by Gasteiger charge is -2.13. The minimum Gasteiger partial charge on any atom is -0.383 e. The Balaban J connectivity index is 2.45. The molecule has 1 atom stereocenters. The van der Waals surface area contributed by atoms with E-state index in [1.165, 1.54) is 18.2 Å². The van der Waals surface area contributed by atoms with E-state index in [1.54, 1.807) is 7.11 Å². The highest BCUT2D eigenvalue weighted by Crippen LogP contribution is 2.18. The second-order valence-electron chi connectivity index (χ2n) is 3.90. The van der Waals surface area contributed by atoms with Crippen LogP contribution >= 0.6 is 11.6 Å². The van der Waals surface area contributed by atoms with Crippen molar-refractivity contribution in [2.45, 2.75) is 13.0 Å². The van der Waals surface area contributed by atoms with Crippen LogP contribution in [0.3, 0.4) is 0 Å². The van der Waals surface area contributed by atoms with Crippen LogP contribution in [0.1, 0.15) is 6.92 Å². The summed E-state index contributed by atoms with van der Waals surface area (Å²) in [4.78, 5) is 11.5. The van der Waals surface area contributed by atoms with Crippen molar-refractivity contribution in [3.8, 4) is 0 Å². The SMILES string of the molecule is COCC(C)NC(=O)CNc1cc(Cl)ccc1F. The van der Waals surface area contributed by atoms with E-state index in [2.05, 4.69) is 10.6 Å². The lowest BCUT2D eigenvalue weighted by Crippen LogP contribution is -2.39. The van der Waals surface area contributed by atoms with E-state index in [9.17, 15) is 9.18 Å². The second kappa shape index (κ2) is 7.18. The number of nitrogens with one attached hydrogen (secondary N) is 2. The molecule has 0 saturated carbocycles. The number of halogens is 2. The molecule has 1 aromatic carbocycles. The van der Waals surface area contributed by atoms with Gasteiger partial charge >= 0.3 is 0 Å². The standard InChI is InChI=1S/C12H16ClFN2O2/c1-8(7-18-2)16-12(17)6-15-11-5-9(13)3-4-10(11)14/h3-5,8,15H,6-7H2,1-2H3,(H,16,17). The maximum atomic E-state index is 13.3. The van der Waals surface area contributed by atoms with E-state index in [0.29, 0.717) is 11.6 Å². The molecule has 6 heteroatoms. The Morgan fingerprint density at radius 2 is 2.28 bits per heavy atom. The van der Waals surface area contributed by atoms with Crippen molar-refractivity contribution in [3.63, 3.8) is 0 Å². The van der Waals surface area contributed by atoms with Gasteiger partial charge in [0.1, 0.15) is 5.82 Å². The maximum absolute atomic E-state index is 13.3. The highest BCUT2D eigenvalue weighted by Gasteiger charge is 2.08. The van der Waals surface area contributed by atoms with Crippen molar-refractivity contribution < 1.29 is 13.9 Å². The summed E-state index contributed by atoms with van der Waals surface area (Å²) in [6.07, 6.45) is 0. The van der Waals surface area contributed by atoms with Crippen molar-refractivity contribution in [2.24, 2.45) is 0 Å². The van der Waals surface area contributed by atoms with Crippen LogP contribution in [0.4, 0.5) is 10.1 Å². The van der Waals surface area contributed by atoms with E-state index in [4.69, 9.17) is 16.3 Å². The summed E-state index contributed by atoms with van der Waals surface area (Å²) in [5.41, 5.74) is 0.206. The smallest absolute Gasteiger partial charge is 0.239 e. The van der Waals surface area contributed by atoms with Crippen LogP contribution in [0.5, 0.6) is 0 Å². The van der Waals surface area contributed by atoms with Gasteiger partial charge in [-0.3, -0.25) is 4.79 Å². The van der Waals surface area contributed by atoms with Gasteiger partial charge in [0.05, 0.1) is 18.8 Å². The fraction of sp³-hybridized carbons (Fsp3) is 0.417. The fourth-order valence-corrected chi connectivity index (χ4v) is 1.60. The van der Waals surface area contributed by atoms with E-state index in [1.807, 2.05) is 6.92 Å². The Morgan fingerprint density at radius 1 is 1.56 bits per heavy atom. The molecule has 0 saturated heterocycles. The Hall–Kier alpha value is -1.33. The van der Waals surface area contributed by atoms with Crippen molar-refractivity contribution in [3.05, 3.63) is 29.0 Å². The van der Waals surface area contributed by atoms with E-state index >= 15 is 0 Å². The van der Waals surface area contributed by atoms with Gasteiger partial charge in [0.2, 0.25) is 5.91 Å². The van der Waals surface area contributed by atoms with Crippen LogP contribution < -0.4 is 10.6 Å². The van der Waals surface area contributed by atoms with E-state index < -0.39 is 5.82 Å².